The molecule has 1 saturated carbocycles. The molecule has 3 unspecified atom stereocenters. The van der Waals surface area contributed by atoms with E-state index in [9.17, 15) is 14.9 Å². The highest BCUT2D eigenvalue weighted by atomic mass is 16.6. The van der Waals surface area contributed by atoms with E-state index in [1.807, 2.05) is 6.07 Å². The molecule has 6 nitrogen and oxygen atoms in total. The number of carbonyl (C=O) groups is 1. The highest BCUT2D eigenvalue weighted by molar-refractivity contribution is 5.82. The number of hydrogen-bond donors (Lipinski definition) is 2. The minimum absolute atomic E-state index is 0.00491. The summed E-state index contributed by atoms with van der Waals surface area (Å²) in [4.78, 5) is 23.0. The largest absolute Gasteiger partial charge is 0.351 e. The third kappa shape index (κ3) is 3.37. The summed E-state index contributed by atoms with van der Waals surface area (Å²) in [6, 6.07) is 5.34. The van der Waals surface area contributed by atoms with E-state index in [0.717, 1.165) is 12.0 Å². The van der Waals surface area contributed by atoms with Crippen LogP contribution in [-0.2, 0) is 11.3 Å². The predicted octanol–water partition coefficient (Wildman–Crippen LogP) is 2.44. The first kappa shape index (κ1) is 15.9. The van der Waals surface area contributed by atoms with Crippen LogP contribution in [0.15, 0.2) is 18.2 Å². The number of nitro benzene ring substituents is 1. The van der Waals surface area contributed by atoms with Gasteiger partial charge >= 0.3 is 0 Å². The molecular weight excluding hydrogens is 294 g/mol. The fourth-order valence-corrected chi connectivity index (χ4v) is 3.89. The van der Waals surface area contributed by atoms with Crippen molar-refractivity contribution in [1.82, 2.24) is 10.6 Å². The first-order valence-electron chi connectivity index (χ1n) is 8.33. The quantitative estimate of drug-likeness (QED) is 0.660. The third-order valence-electron chi connectivity index (χ3n) is 5.25. The Bertz CT molecular complexity index is 603. The average molecular weight is 317 g/mol. The molecule has 2 fully saturated rings. The Kier molecular flexibility index (Phi) is 4.61. The summed E-state index contributed by atoms with van der Waals surface area (Å²) in [7, 11) is 0. The molecular formula is C17H23N3O3. The molecule has 1 saturated heterocycles. The van der Waals surface area contributed by atoms with Gasteiger partial charge < -0.3 is 10.6 Å². The van der Waals surface area contributed by atoms with Crippen LogP contribution in [0.25, 0.3) is 0 Å². The van der Waals surface area contributed by atoms with Crippen molar-refractivity contribution in [3.05, 3.63) is 39.4 Å². The molecule has 1 aliphatic heterocycles. The van der Waals surface area contributed by atoms with Crippen molar-refractivity contribution in [1.29, 1.82) is 0 Å². The summed E-state index contributed by atoms with van der Waals surface area (Å²) in [5.41, 5.74) is 1.51. The van der Waals surface area contributed by atoms with Gasteiger partial charge in [0, 0.05) is 24.2 Å². The topological polar surface area (TPSA) is 84.3 Å². The maximum absolute atomic E-state index is 12.4. The Morgan fingerprint density at radius 2 is 2.17 bits per heavy atom. The minimum Gasteiger partial charge on any atom is -0.351 e. The van der Waals surface area contributed by atoms with Crippen LogP contribution in [0.3, 0.4) is 0 Å². The lowest BCUT2D eigenvalue weighted by Crippen LogP contribution is -2.42. The van der Waals surface area contributed by atoms with Crippen molar-refractivity contribution < 1.29 is 9.72 Å². The number of rotatable bonds is 4. The van der Waals surface area contributed by atoms with E-state index >= 15 is 0 Å². The Hall–Kier alpha value is -1.95. The SMILES string of the molecule is Cc1c(CNC(=O)C2CC3CCCCC3N2)cccc1[N+](=O)[O-]. The lowest BCUT2D eigenvalue weighted by atomic mass is 9.85. The van der Waals surface area contributed by atoms with Gasteiger partial charge in [-0.15, -0.1) is 0 Å². The summed E-state index contributed by atoms with van der Waals surface area (Å²) in [6.45, 7) is 2.06. The van der Waals surface area contributed by atoms with Crippen molar-refractivity contribution >= 4 is 11.6 Å². The molecule has 0 aromatic heterocycles. The number of carbonyl (C=O) groups excluding carboxylic acids is 1. The molecule has 1 aliphatic carbocycles. The summed E-state index contributed by atoms with van der Waals surface area (Å²) < 4.78 is 0. The van der Waals surface area contributed by atoms with Gasteiger partial charge in [-0.2, -0.15) is 0 Å². The van der Waals surface area contributed by atoms with Crippen LogP contribution in [0.5, 0.6) is 0 Å². The lowest BCUT2D eigenvalue weighted by molar-refractivity contribution is -0.385. The highest BCUT2D eigenvalue weighted by Gasteiger charge is 2.38. The summed E-state index contributed by atoms with van der Waals surface area (Å²) in [6.07, 6.45) is 5.80. The van der Waals surface area contributed by atoms with Crippen LogP contribution in [-0.4, -0.2) is 22.9 Å². The standard InChI is InChI=1S/C17H23N3O3/c1-11-13(6-4-8-16(11)20(22)23)10-18-17(21)15-9-12-5-2-3-7-14(12)19-15/h4,6,8,12,14-15,19H,2-3,5,7,9-10H2,1H3,(H,18,21). The number of benzene rings is 1. The Labute approximate surface area is 135 Å². The van der Waals surface area contributed by atoms with E-state index in [2.05, 4.69) is 10.6 Å². The van der Waals surface area contributed by atoms with Crippen LogP contribution in [0, 0.1) is 23.0 Å². The molecule has 1 heterocycles. The minimum atomic E-state index is -0.385. The lowest BCUT2D eigenvalue weighted by Gasteiger charge is -2.24. The van der Waals surface area contributed by atoms with E-state index in [4.69, 9.17) is 0 Å². The van der Waals surface area contributed by atoms with Gasteiger partial charge in [0.15, 0.2) is 0 Å². The fourth-order valence-electron chi connectivity index (χ4n) is 3.89. The van der Waals surface area contributed by atoms with Crippen molar-refractivity contribution in [3.8, 4) is 0 Å². The monoisotopic (exact) mass is 317 g/mol. The summed E-state index contributed by atoms with van der Waals surface area (Å²) in [5.74, 6) is 0.629. The Morgan fingerprint density at radius 3 is 2.91 bits per heavy atom. The molecule has 124 valence electrons. The van der Waals surface area contributed by atoms with Crippen molar-refractivity contribution in [2.24, 2.45) is 5.92 Å². The second-order valence-corrected chi connectivity index (χ2v) is 6.64. The number of amides is 1. The normalized spacial score (nSPS) is 26.6. The molecule has 0 radical (unpaired) electrons. The van der Waals surface area contributed by atoms with E-state index in [1.165, 1.54) is 31.7 Å². The molecule has 1 amide bonds. The van der Waals surface area contributed by atoms with E-state index in [0.29, 0.717) is 24.1 Å². The fraction of sp³-hybridized carbons (Fsp3) is 0.588. The number of nitrogens with zero attached hydrogens (tertiary/aromatic N) is 1. The molecule has 0 bridgehead atoms. The third-order valence-corrected chi connectivity index (χ3v) is 5.25. The molecule has 6 heteroatoms. The molecule has 2 N–H and O–H groups in total. The molecule has 1 aromatic carbocycles. The molecule has 0 spiro atoms. The highest BCUT2D eigenvalue weighted by Crippen LogP contribution is 2.33. The first-order valence-corrected chi connectivity index (χ1v) is 8.33. The van der Waals surface area contributed by atoms with Crippen LogP contribution < -0.4 is 10.6 Å². The molecule has 3 atom stereocenters. The number of nitro groups is 1. The number of fused-ring (bicyclic) bond motifs is 1. The second-order valence-electron chi connectivity index (χ2n) is 6.64. The van der Waals surface area contributed by atoms with Crippen LogP contribution in [0.4, 0.5) is 5.69 Å². The van der Waals surface area contributed by atoms with Crippen LogP contribution >= 0.6 is 0 Å². The van der Waals surface area contributed by atoms with Gasteiger partial charge in [0.2, 0.25) is 5.91 Å². The summed E-state index contributed by atoms with van der Waals surface area (Å²) >= 11 is 0. The van der Waals surface area contributed by atoms with Gasteiger partial charge in [-0.05, 0) is 37.7 Å². The molecule has 1 aromatic rings. The van der Waals surface area contributed by atoms with E-state index in [-0.39, 0.29) is 22.6 Å². The zero-order valence-corrected chi connectivity index (χ0v) is 13.4. The Balaban J connectivity index is 1.59. The molecule has 3 rings (SSSR count). The Morgan fingerprint density at radius 1 is 1.39 bits per heavy atom. The predicted molar refractivity (Wildman–Crippen MR) is 87.0 cm³/mol. The molecule has 2 aliphatic rings. The smallest absolute Gasteiger partial charge is 0.272 e. The van der Waals surface area contributed by atoms with Gasteiger partial charge in [0.1, 0.15) is 0 Å². The van der Waals surface area contributed by atoms with E-state index < -0.39 is 0 Å². The van der Waals surface area contributed by atoms with Gasteiger partial charge in [-0.25, -0.2) is 0 Å². The molecule has 23 heavy (non-hydrogen) atoms. The number of hydrogen-bond acceptors (Lipinski definition) is 4. The van der Waals surface area contributed by atoms with Gasteiger partial charge in [-0.3, -0.25) is 14.9 Å². The first-order chi connectivity index (χ1) is 11.1. The van der Waals surface area contributed by atoms with Gasteiger partial charge in [0.25, 0.3) is 5.69 Å². The van der Waals surface area contributed by atoms with Gasteiger partial charge in [0.05, 0.1) is 11.0 Å². The van der Waals surface area contributed by atoms with Crippen molar-refractivity contribution in [2.75, 3.05) is 0 Å². The van der Waals surface area contributed by atoms with Crippen LogP contribution in [0.1, 0.15) is 43.2 Å². The number of nitrogens with one attached hydrogen (secondary N) is 2. The van der Waals surface area contributed by atoms with Crippen LogP contribution in [0.2, 0.25) is 0 Å². The average Bonchev–Trinajstić information content (AvgIpc) is 2.97. The zero-order chi connectivity index (χ0) is 16.4. The maximum atomic E-state index is 12.4. The summed E-state index contributed by atoms with van der Waals surface area (Å²) in [5, 5.41) is 17.4. The second kappa shape index (κ2) is 6.66. The zero-order valence-electron chi connectivity index (χ0n) is 13.4. The van der Waals surface area contributed by atoms with Crippen molar-refractivity contribution in [2.45, 2.75) is 57.7 Å². The maximum Gasteiger partial charge on any atom is 0.272 e. The van der Waals surface area contributed by atoms with Gasteiger partial charge in [-0.1, -0.05) is 25.0 Å². The van der Waals surface area contributed by atoms with Crippen molar-refractivity contribution in [3.63, 3.8) is 0 Å². The van der Waals surface area contributed by atoms with E-state index in [1.54, 1.807) is 13.0 Å².